The number of benzene rings is 1. The van der Waals surface area contributed by atoms with Crippen LogP contribution < -0.4 is 20.1 Å². The van der Waals surface area contributed by atoms with Crippen molar-refractivity contribution in [2.24, 2.45) is 4.99 Å². The highest BCUT2D eigenvalue weighted by Gasteiger charge is 2.18. The highest BCUT2D eigenvalue weighted by Crippen LogP contribution is 2.33. The fourth-order valence-electron chi connectivity index (χ4n) is 3.23. The molecule has 174 valence electrons. The van der Waals surface area contributed by atoms with Gasteiger partial charge in [-0.05, 0) is 33.8 Å². The van der Waals surface area contributed by atoms with E-state index in [1.54, 1.807) is 25.1 Å². The average molecular weight is 552 g/mol. The second kappa shape index (κ2) is 13.3. The topological polar surface area (TPSA) is 80.9 Å². The summed E-state index contributed by atoms with van der Waals surface area (Å²) < 4.78 is 41.2. The Balaban J connectivity index is 0.00000480. The summed E-state index contributed by atoms with van der Waals surface area (Å²) in [7, 11) is 0. The molecule has 0 saturated heterocycles. The van der Waals surface area contributed by atoms with E-state index in [-0.39, 0.29) is 47.9 Å². The molecule has 0 saturated carbocycles. The minimum Gasteiger partial charge on any atom is -0.490 e. The summed E-state index contributed by atoms with van der Waals surface area (Å²) >= 11 is 0. The summed E-state index contributed by atoms with van der Waals surface area (Å²) in [6, 6.07) is 5.02. The maximum atomic E-state index is 12.9. The van der Waals surface area contributed by atoms with Crippen molar-refractivity contribution in [1.29, 1.82) is 0 Å². The summed E-state index contributed by atoms with van der Waals surface area (Å²) in [6.07, 6.45) is 0. The maximum Gasteiger partial charge on any atom is 0.387 e. The minimum absolute atomic E-state index is 0. The van der Waals surface area contributed by atoms with Crippen LogP contribution in [0.25, 0.3) is 0 Å². The maximum absolute atomic E-state index is 12.9. The Bertz CT molecular complexity index is 827. The van der Waals surface area contributed by atoms with Crippen LogP contribution in [0.1, 0.15) is 49.3 Å². The molecule has 1 atom stereocenters. The first-order valence-corrected chi connectivity index (χ1v) is 10.0. The van der Waals surface area contributed by atoms with E-state index in [1.807, 2.05) is 20.8 Å². The Morgan fingerprint density at radius 2 is 1.97 bits per heavy atom. The van der Waals surface area contributed by atoms with Crippen LogP contribution in [0, 0.1) is 13.8 Å². The zero-order valence-corrected chi connectivity index (χ0v) is 20.8. The number of nitrogens with one attached hydrogen (secondary N) is 2. The molecule has 0 aliphatic carbocycles. The lowest BCUT2D eigenvalue weighted by Gasteiger charge is -2.17. The summed E-state index contributed by atoms with van der Waals surface area (Å²) in [4.78, 5) is 4.53. The van der Waals surface area contributed by atoms with Gasteiger partial charge in [-0.1, -0.05) is 24.2 Å². The van der Waals surface area contributed by atoms with Crippen LogP contribution in [0.5, 0.6) is 11.5 Å². The Morgan fingerprint density at radius 1 is 1.23 bits per heavy atom. The zero-order chi connectivity index (χ0) is 22.1. The predicted octanol–water partition coefficient (Wildman–Crippen LogP) is 4.77. The first kappa shape index (κ1) is 26.9. The van der Waals surface area contributed by atoms with E-state index < -0.39 is 6.61 Å². The van der Waals surface area contributed by atoms with Gasteiger partial charge in [-0.25, -0.2) is 4.99 Å². The number of aromatic nitrogens is 1. The van der Waals surface area contributed by atoms with Gasteiger partial charge in [0.15, 0.2) is 17.5 Å². The third kappa shape index (κ3) is 7.82. The van der Waals surface area contributed by atoms with Crippen LogP contribution in [0.3, 0.4) is 0 Å². The molecule has 1 heterocycles. The lowest BCUT2D eigenvalue weighted by Crippen LogP contribution is -2.39. The van der Waals surface area contributed by atoms with Gasteiger partial charge in [-0.15, -0.1) is 24.0 Å². The molecule has 0 aliphatic rings. The molecule has 2 N–H and O–H groups in total. The number of aryl methyl sites for hydroxylation is 2. The van der Waals surface area contributed by atoms with Gasteiger partial charge in [-0.3, -0.25) is 0 Å². The van der Waals surface area contributed by atoms with Crippen LogP contribution in [-0.2, 0) is 6.54 Å². The number of hydrogen-bond donors (Lipinski definition) is 2. The Labute approximate surface area is 199 Å². The summed E-state index contributed by atoms with van der Waals surface area (Å²) in [6.45, 7) is 8.42. The number of para-hydroxylation sites is 1. The van der Waals surface area contributed by atoms with E-state index in [1.165, 1.54) is 0 Å². The number of ether oxygens (including phenoxy) is 2. The lowest BCUT2D eigenvalue weighted by molar-refractivity contribution is -0.0520. The van der Waals surface area contributed by atoms with Crippen molar-refractivity contribution < 1.29 is 22.8 Å². The highest BCUT2D eigenvalue weighted by atomic mass is 127. The van der Waals surface area contributed by atoms with E-state index in [4.69, 9.17) is 14.0 Å². The third-order valence-electron chi connectivity index (χ3n) is 4.48. The summed E-state index contributed by atoms with van der Waals surface area (Å²) in [5.41, 5.74) is 2.44. The van der Waals surface area contributed by atoms with Gasteiger partial charge in [-0.2, -0.15) is 8.78 Å². The molecule has 2 aromatic rings. The first-order valence-electron chi connectivity index (χ1n) is 10.0. The Kier molecular flexibility index (Phi) is 11.6. The Hall–Kier alpha value is -2.11. The van der Waals surface area contributed by atoms with Gasteiger partial charge in [0.05, 0.1) is 18.8 Å². The number of guanidine groups is 1. The molecule has 10 heteroatoms. The van der Waals surface area contributed by atoms with Crippen molar-refractivity contribution in [3.8, 4) is 11.5 Å². The number of aliphatic imine (C=N–C) groups is 1. The van der Waals surface area contributed by atoms with Gasteiger partial charge < -0.3 is 24.6 Å². The van der Waals surface area contributed by atoms with Crippen molar-refractivity contribution in [2.75, 3.05) is 19.7 Å². The van der Waals surface area contributed by atoms with Gasteiger partial charge in [0.2, 0.25) is 0 Å². The molecule has 1 aromatic carbocycles. The standard InChI is InChI=1S/C21H30F2N4O3.HI/c1-6-24-21(25-11-13(3)18-14(4)27-30-15(18)5)26-12-16-9-8-10-17(28-7-2)19(16)29-20(22)23;/h8-10,13,20H,6-7,11-12H2,1-5H3,(H2,24,25,26);1H. The second-order valence-electron chi connectivity index (χ2n) is 6.77. The molecule has 0 bridgehead atoms. The van der Waals surface area contributed by atoms with Crippen LogP contribution in [0.15, 0.2) is 27.7 Å². The van der Waals surface area contributed by atoms with Crippen LogP contribution in [0.2, 0.25) is 0 Å². The number of halogens is 3. The van der Waals surface area contributed by atoms with Crippen molar-refractivity contribution in [3.63, 3.8) is 0 Å². The van der Waals surface area contributed by atoms with Gasteiger partial charge in [0.1, 0.15) is 5.76 Å². The molecular formula is C21H31F2IN4O3. The van der Waals surface area contributed by atoms with Gasteiger partial charge >= 0.3 is 6.61 Å². The zero-order valence-electron chi connectivity index (χ0n) is 18.5. The molecule has 0 spiro atoms. The van der Waals surface area contributed by atoms with E-state index in [0.717, 1.165) is 17.0 Å². The smallest absolute Gasteiger partial charge is 0.387 e. The van der Waals surface area contributed by atoms with Crippen LogP contribution >= 0.6 is 24.0 Å². The summed E-state index contributed by atoms with van der Waals surface area (Å²) in [5, 5.41) is 10.4. The van der Waals surface area contributed by atoms with Crippen LogP contribution in [0.4, 0.5) is 8.78 Å². The molecule has 0 amide bonds. The van der Waals surface area contributed by atoms with E-state index in [9.17, 15) is 8.78 Å². The average Bonchev–Trinajstić information content (AvgIpc) is 3.04. The van der Waals surface area contributed by atoms with E-state index >= 15 is 0 Å². The molecule has 0 aliphatic heterocycles. The molecule has 1 unspecified atom stereocenters. The van der Waals surface area contributed by atoms with Crippen molar-refractivity contribution in [3.05, 3.63) is 40.8 Å². The number of rotatable bonds is 10. The van der Waals surface area contributed by atoms with Gasteiger partial charge in [0, 0.05) is 30.1 Å². The SMILES string of the molecule is CCNC(=NCc1cccc(OCC)c1OC(F)F)NCC(C)c1c(C)noc1C.I. The number of alkyl halides is 2. The molecule has 1 aromatic heterocycles. The van der Waals surface area contributed by atoms with E-state index in [0.29, 0.717) is 31.2 Å². The van der Waals surface area contributed by atoms with E-state index in [2.05, 4.69) is 27.7 Å². The first-order chi connectivity index (χ1) is 14.4. The van der Waals surface area contributed by atoms with Crippen molar-refractivity contribution in [2.45, 2.75) is 53.7 Å². The minimum atomic E-state index is -2.95. The molecule has 2 rings (SSSR count). The molecule has 0 fully saturated rings. The van der Waals surface area contributed by atoms with Gasteiger partial charge in [0.25, 0.3) is 0 Å². The third-order valence-corrected chi connectivity index (χ3v) is 4.48. The largest absolute Gasteiger partial charge is 0.490 e. The quantitative estimate of drug-likeness (QED) is 0.251. The fraction of sp³-hybridized carbons (Fsp3) is 0.524. The monoisotopic (exact) mass is 552 g/mol. The van der Waals surface area contributed by atoms with Crippen molar-refractivity contribution >= 4 is 29.9 Å². The molecule has 31 heavy (non-hydrogen) atoms. The van der Waals surface area contributed by atoms with Crippen LogP contribution in [-0.4, -0.2) is 37.4 Å². The highest BCUT2D eigenvalue weighted by molar-refractivity contribution is 14.0. The number of nitrogens with zero attached hydrogens (tertiary/aromatic N) is 2. The summed E-state index contributed by atoms with van der Waals surface area (Å²) in [5.74, 6) is 1.80. The molecule has 0 radical (unpaired) electrons. The predicted molar refractivity (Wildman–Crippen MR) is 127 cm³/mol. The lowest BCUT2D eigenvalue weighted by atomic mass is 10.00. The normalized spacial score (nSPS) is 12.3. The Morgan fingerprint density at radius 3 is 2.55 bits per heavy atom. The van der Waals surface area contributed by atoms with Crippen molar-refractivity contribution in [1.82, 2.24) is 15.8 Å². The number of hydrogen-bond acceptors (Lipinski definition) is 5. The fourth-order valence-corrected chi connectivity index (χ4v) is 3.23. The molecule has 7 nitrogen and oxygen atoms in total. The second-order valence-corrected chi connectivity index (χ2v) is 6.77. The molecular weight excluding hydrogens is 521 g/mol.